The molecule has 0 aromatic heterocycles. The van der Waals surface area contributed by atoms with Gasteiger partial charge in [0.15, 0.2) is 0 Å². The minimum Gasteiger partial charge on any atom is -0.491 e. The smallest absolute Gasteiger partial charge is 0.137 e. The summed E-state index contributed by atoms with van der Waals surface area (Å²) in [5.41, 5.74) is 3.34. The number of nitrogens with one attached hydrogen (secondary N) is 1. The van der Waals surface area contributed by atoms with Gasteiger partial charge in [-0.3, -0.25) is 4.90 Å². The fraction of sp³-hybridized carbons (Fsp3) is 0.429. The molecule has 1 N–H and O–H groups in total. The third kappa shape index (κ3) is 6.40. The first-order valence-electron chi connectivity index (χ1n) is 9.27. The first kappa shape index (κ1) is 20.0. The van der Waals surface area contributed by atoms with Gasteiger partial charge in [0.25, 0.3) is 0 Å². The Hall–Kier alpha value is -1.79. The van der Waals surface area contributed by atoms with E-state index in [1.54, 1.807) is 7.11 Å². The molecular weight excluding hydrogens is 364 g/mol. The van der Waals surface area contributed by atoms with E-state index >= 15 is 0 Å². The van der Waals surface area contributed by atoms with Gasteiger partial charge < -0.3 is 19.5 Å². The standard InChI is InChI=1S/C21H27ClN2O3/c1-25-16-17-2-5-19(6-3-17)23-15-18-4-7-21(20(22)14-18)27-13-10-24-8-11-26-12-9-24/h2-7,14,23H,8-13,15-16H2,1H3. The van der Waals surface area contributed by atoms with Gasteiger partial charge in [-0.2, -0.15) is 0 Å². The summed E-state index contributed by atoms with van der Waals surface area (Å²) >= 11 is 6.39. The van der Waals surface area contributed by atoms with Crippen molar-refractivity contribution >= 4 is 17.3 Å². The maximum atomic E-state index is 6.39. The normalized spacial score (nSPS) is 14.9. The topological polar surface area (TPSA) is 43.0 Å². The Balaban J connectivity index is 1.45. The Morgan fingerprint density at radius 3 is 2.52 bits per heavy atom. The van der Waals surface area contributed by atoms with Crippen LogP contribution in [-0.2, 0) is 22.6 Å². The minimum absolute atomic E-state index is 0.628. The summed E-state index contributed by atoms with van der Waals surface area (Å²) in [7, 11) is 1.70. The van der Waals surface area contributed by atoms with Crippen LogP contribution in [0, 0.1) is 0 Å². The van der Waals surface area contributed by atoms with Gasteiger partial charge in [0.1, 0.15) is 12.4 Å². The third-order valence-corrected chi connectivity index (χ3v) is 4.82. The molecule has 27 heavy (non-hydrogen) atoms. The SMILES string of the molecule is COCc1ccc(NCc2ccc(OCCN3CCOCC3)c(Cl)c2)cc1. The molecule has 0 bridgehead atoms. The number of anilines is 1. The van der Waals surface area contributed by atoms with Gasteiger partial charge in [0, 0.05) is 39.0 Å². The van der Waals surface area contributed by atoms with Crippen molar-refractivity contribution in [1.29, 1.82) is 0 Å². The van der Waals surface area contributed by atoms with Gasteiger partial charge in [-0.1, -0.05) is 29.8 Å². The van der Waals surface area contributed by atoms with E-state index in [1.807, 2.05) is 18.2 Å². The summed E-state index contributed by atoms with van der Waals surface area (Å²) in [5, 5.41) is 4.05. The van der Waals surface area contributed by atoms with Crippen LogP contribution in [0.3, 0.4) is 0 Å². The molecule has 0 radical (unpaired) electrons. The molecule has 1 aliphatic rings. The molecule has 146 valence electrons. The highest BCUT2D eigenvalue weighted by Gasteiger charge is 2.10. The molecule has 0 unspecified atom stereocenters. The average Bonchev–Trinajstić information content (AvgIpc) is 2.70. The van der Waals surface area contributed by atoms with Crippen molar-refractivity contribution in [1.82, 2.24) is 4.90 Å². The van der Waals surface area contributed by atoms with E-state index in [4.69, 9.17) is 25.8 Å². The number of nitrogens with zero attached hydrogens (tertiary/aromatic N) is 1. The Morgan fingerprint density at radius 1 is 1.07 bits per heavy atom. The van der Waals surface area contributed by atoms with Gasteiger partial charge >= 0.3 is 0 Å². The Kier molecular flexibility index (Phi) is 7.78. The number of methoxy groups -OCH3 is 1. The van der Waals surface area contributed by atoms with Crippen LogP contribution >= 0.6 is 11.6 Å². The van der Waals surface area contributed by atoms with Crippen molar-refractivity contribution in [3.8, 4) is 5.75 Å². The Morgan fingerprint density at radius 2 is 1.81 bits per heavy atom. The lowest BCUT2D eigenvalue weighted by Crippen LogP contribution is -2.38. The van der Waals surface area contributed by atoms with Crippen LogP contribution in [0.1, 0.15) is 11.1 Å². The van der Waals surface area contributed by atoms with E-state index < -0.39 is 0 Å². The molecule has 2 aromatic carbocycles. The third-order valence-electron chi connectivity index (χ3n) is 4.53. The van der Waals surface area contributed by atoms with E-state index in [9.17, 15) is 0 Å². The second kappa shape index (κ2) is 10.5. The lowest BCUT2D eigenvalue weighted by Gasteiger charge is -2.26. The summed E-state index contributed by atoms with van der Waals surface area (Å²) in [4.78, 5) is 2.34. The summed E-state index contributed by atoms with van der Waals surface area (Å²) < 4.78 is 16.3. The number of rotatable bonds is 9. The quantitative estimate of drug-likeness (QED) is 0.705. The van der Waals surface area contributed by atoms with Gasteiger partial charge in [-0.25, -0.2) is 0 Å². The van der Waals surface area contributed by atoms with Gasteiger partial charge in [-0.15, -0.1) is 0 Å². The highest BCUT2D eigenvalue weighted by atomic mass is 35.5. The van der Waals surface area contributed by atoms with E-state index in [2.05, 4.69) is 34.5 Å². The lowest BCUT2D eigenvalue weighted by atomic mass is 10.2. The zero-order valence-corrected chi connectivity index (χ0v) is 16.5. The molecule has 0 aliphatic carbocycles. The number of morpholine rings is 1. The van der Waals surface area contributed by atoms with Crippen LogP contribution in [-0.4, -0.2) is 51.5 Å². The molecule has 6 heteroatoms. The maximum absolute atomic E-state index is 6.39. The summed E-state index contributed by atoms with van der Waals surface area (Å²) in [6, 6.07) is 14.2. The predicted molar refractivity (Wildman–Crippen MR) is 109 cm³/mol. The number of benzene rings is 2. The number of hydrogen-bond acceptors (Lipinski definition) is 5. The van der Waals surface area contributed by atoms with Crippen LogP contribution in [0.25, 0.3) is 0 Å². The van der Waals surface area contributed by atoms with Crippen LogP contribution < -0.4 is 10.1 Å². The fourth-order valence-electron chi connectivity index (χ4n) is 2.97. The summed E-state index contributed by atoms with van der Waals surface area (Å²) in [6.45, 7) is 6.39. The van der Waals surface area contributed by atoms with Gasteiger partial charge in [-0.05, 0) is 35.4 Å². The number of halogens is 1. The second-order valence-electron chi connectivity index (χ2n) is 6.55. The van der Waals surface area contributed by atoms with Gasteiger partial charge in [0.05, 0.1) is 24.8 Å². The fourth-order valence-corrected chi connectivity index (χ4v) is 3.23. The molecular formula is C21H27ClN2O3. The zero-order valence-electron chi connectivity index (χ0n) is 15.7. The first-order chi connectivity index (χ1) is 13.2. The molecule has 1 aliphatic heterocycles. The zero-order chi connectivity index (χ0) is 18.9. The number of hydrogen-bond donors (Lipinski definition) is 1. The average molecular weight is 391 g/mol. The molecule has 5 nitrogen and oxygen atoms in total. The lowest BCUT2D eigenvalue weighted by molar-refractivity contribution is 0.0322. The largest absolute Gasteiger partial charge is 0.491 e. The van der Waals surface area contributed by atoms with Crippen molar-refractivity contribution in [2.24, 2.45) is 0 Å². The highest BCUT2D eigenvalue weighted by Crippen LogP contribution is 2.26. The van der Waals surface area contributed by atoms with Crippen molar-refractivity contribution < 1.29 is 14.2 Å². The van der Waals surface area contributed by atoms with E-state index in [1.165, 1.54) is 0 Å². The molecule has 3 rings (SSSR count). The van der Waals surface area contributed by atoms with Crippen LogP contribution in [0.2, 0.25) is 5.02 Å². The molecule has 0 atom stereocenters. The van der Waals surface area contributed by atoms with Crippen LogP contribution in [0.4, 0.5) is 5.69 Å². The molecule has 0 saturated carbocycles. The highest BCUT2D eigenvalue weighted by molar-refractivity contribution is 6.32. The Labute approximate surface area is 166 Å². The van der Waals surface area contributed by atoms with Crippen molar-refractivity contribution in [3.63, 3.8) is 0 Å². The summed E-state index contributed by atoms with van der Waals surface area (Å²) in [6.07, 6.45) is 0. The molecule has 2 aromatic rings. The van der Waals surface area contributed by atoms with E-state index in [-0.39, 0.29) is 0 Å². The van der Waals surface area contributed by atoms with Crippen LogP contribution in [0.5, 0.6) is 5.75 Å². The molecule has 1 heterocycles. The number of ether oxygens (including phenoxy) is 3. The maximum Gasteiger partial charge on any atom is 0.137 e. The van der Waals surface area contributed by atoms with E-state index in [0.717, 1.165) is 55.4 Å². The minimum atomic E-state index is 0.628. The molecule has 0 amide bonds. The van der Waals surface area contributed by atoms with Crippen molar-refractivity contribution in [3.05, 3.63) is 58.6 Å². The second-order valence-corrected chi connectivity index (χ2v) is 6.96. The monoisotopic (exact) mass is 390 g/mol. The summed E-state index contributed by atoms with van der Waals surface area (Å²) in [5.74, 6) is 0.734. The van der Waals surface area contributed by atoms with Crippen molar-refractivity contribution in [2.45, 2.75) is 13.2 Å². The van der Waals surface area contributed by atoms with Crippen LogP contribution in [0.15, 0.2) is 42.5 Å². The molecule has 1 saturated heterocycles. The first-order valence-corrected chi connectivity index (χ1v) is 9.65. The Bertz CT molecular complexity index is 703. The predicted octanol–water partition coefficient (Wildman–Crippen LogP) is 3.81. The van der Waals surface area contributed by atoms with Gasteiger partial charge in [0.2, 0.25) is 0 Å². The van der Waals surface area contributed by atoms with Crippen molar-refractivity contribution in [2.75, 3.05) is 51.9 Å². The molecule has 1 fully saturated rings. The molecule has 0 spiro atoms. The van der Waals surface area contributed by atoms with E-state index in [0.29, 0.717) is 24.8 Å².